The number of aryl methyl sites for hydroxylation is 3. The molecule has 0 radical (unpaired) electrons. The molecule has 0 unspecified atom stereocenters. The van der Waals surface area contributed by atoms with Gasteiger partial charge in [0.05, 0.1) is 19.2 Å². The maximum atomic E-state index is 12.7. The van der Waals surface area contributed by atoms with Gasteiger partial charge < -0.3 is 10.2 Å². The Bertz CT molecular complexity index is 752. The molecule has 0 saturated heterocycles. The van der Waals surface area contributed by atoms with Gasteiger partial charge in [0.1, 0.15) is 5.54 Å². The van der Waals surface area contributed by atoms with Crippen LogP contribution in [0.25, 0.3) is 0 Å². The van der Waals surface area contributed by atoms with Crippen LogP contribution in [-0.2, 0) is 9.59 Å². The predicted octanol–water partition coefficient (Wildman–Crippen LogP) is 3.17. The zero-order valence-corrected chi connectivity index (χ0v) is 17.8. The van der Waals surface area contributed by atoms with Gasteiger partial charge in [-0.25, -0.2) is 0 Å². The lowest BCUT2D eigenvalue weighted by molar-refractivity contribution is -0.136. The first-order valence-electron chi connectivity index (χ1n) is 9.92. The topological polar surface area (TPSA) is 76.4 Å². The second kappa shape index (κ2) is 9.20. The van der Waals surface area contributed by atoms with E-state index in [4.69, 9.17) is 0 Å². The highest BCUT2D eigenvalue weighted by molar-refractivity contribution is 5.94. The number of nitrogens with one attached hydrogen (secondary N) is 1. The Labute approximate surface area is 168 Å². The first-order valence-corrected chi connectivity index (χ1v) is 9.92. The first kappa shape index (κ1) is 21.9. The van der Waals surface area contributed by atoms with Crippen molar-refractivity contribution in [3.8, 4) is 6.07 Å². The summed E-state index contributed by atoms with van der Waals surface area (Å²) in [5.41, 5.74) is 3.34. The van der Waals surface area contributed by atoms with Crippen LogP contribution in [-0.4, -0.2) is 54.3 Å². The summed E-state index contributed by atoms with van der Waals surface area (Å²) < 4.78 is 0. The van der Waals surface area contributed by atoms with Crippen molar-refractivity contribution in [2.45, 2.75) is 58.4 Å². The summed E-state index contributed by atoms with van der Waals surface area (Å²) in [5, 5.41) is 12.6. The molecule has 1 saturated carbocycles. The summed E-state index contributed by atoms with van der Waals surface area (Å²) in [6.07, 6.45) is 4.50. The molecule has 6 nitrogen and oxygen atoms in total. The van der Waals surface area contributed by atoms with Crippen molar-refractivity contribution in [1.29, 1.82) is 5.26 Å². The number of rotatable bonds is 6. The number of anilines is 1. The summed E-state index contributed by atoms with van der Waals surface area (Å²) in [6.45, 7) is 6.21. The van der Waals surface area contributed by atoms with Gasteiger partial charge in [0.25, 0.3) is 0 Å². The van der Waals surface area contributed by atoms with E-state index in [0.717, 1.165) is 54.5 Å². The number of amides is 2. The number of carbonyl (C=O) groups excluding carboxylic acids is 2. The van der Waals surface area contributed by atoms with Crippen molar-refractivity contribution in [3.63, 3.8) is 0 Å². The lowest BCUT2D eigenvalue weighted by atomic mass is 9.81. The highest BCUT2D eigenvalue weighted by Crippen LogP contribution is 2.32. The van der Waals surface area contributed by atoms with Crippen LogP contribution < -0.4 is 5.32 Å². The molecule has 1 aliphatic carbocycles. The Morgan fingerprint density at radius 1 is 1.07 bits per heavy atom. The number of hydrogen-bond acceptors (Lipinski definition) is 4. The Morgan fingerprint density at radius 2 is 1.64 bits per heavy atom. The average Bonchev–Trinajstić information content (AvgIpc) is 2.64. The Morgan fingerprint density at radius 3 is 2.18 bits per heavy atom. The van der Waals surface area contributed by atoms with Crippen molar-refractivity contribution < 1.29 is 9.59 Å². The van der Waals surface area contributed by atoms with E-state index in [9.17, 15) is 14.9 Å². The van der Waals surface area contributed by atoms with Crippen LogP contribution in [0.3, 0.4) is 0 Å². The highest BCUT2D eigenvalue weighted by atomic mass is 16.2. The smallest absolute Gasteiger partial charge is 0.238 e. The van der Waals surface area contributed by atoms with E-state index in [-0.39, 0.29) is 24.9 Å². The number of nitriles is 1. The van der Waals surface area contributed by atoms with Gasteiger partial charge >= 0.3 is 0 Å². The monoisotopic (exact) mass is 384 g/mol. The minimum absolute atomic E-state index is 0.110. The molecule has 0 aliphatic heterocycles. The number of hydrogen-bond donors (Lipinski definition) is 1. The van der Waals surface area contributed by atoms with Crippen LogP contribution in [0.2, 0.25) is 0 Å². The highest BCUT2D eigenvalue weighted by Gasteiger charge is 2.38. The van der Waals surface area contributed by atoms with E-state index in [2.05, 4.69) is 11.4 Å². The van der Waals surface area contributed by atoms with E-state index in [0.29, 0.717) is 0 Å². The van der Waals surface area contributed by atoms with Crippen molar-refractivity contribution in [2.24, 2.45) is 0 Å². The molecule has 0 heterocycles. The molecular weight excluding hydrogens is 352 g/mol. The van der Waals surface area contributed by atoms with Gasteiger partial charge in [-0.2, -0.15) is 5.26 Å². The zero-order valence-electron chi connectivity index (χ0n) is 17.8. The SMILES string of the molecule is Cc1cc(C)c(NC(=O)CN(C)CC(=O)N(C)C2(C#N)CCCCC2)c(C)c1. The quantitative estimate of drug-likeness (QED) is 0.817. The van der Waals surface area contributed by atoms with Gasteiger partial charge in [0.2, 0.25) is 11.8 Å². The molecule has 1 aromatic rings. The molecule has 2 rings (SSSR count). The average molecular weight is 385 g/mol. The number of benzene rings is 1. The van der Waals surface area contributed by atoms with E-state index < -0.39 is 5.54 Å². The molecule has 1 N–H and O–H groups in total. The van der Waals surface area contributed by atoms with Crippen LogP contribution in [0.15, 0.2) is 12.1 Å². The second-order valence-electron chi connectivity index (χ2n) is 8.15. The first-order chi connectivity index (χ1) is 13.2. The molecule has 1 aliphatic rings. The summed E-state index contributed by atoms with van der Waals surface area (Å²) in [4.78, 5) is 28.4. The van der Waals surface area contributed by atoms with Crippen LogP contribution in [0.1, 0.15) is 48.8 Å². The maximum absolute atomic E-state index is 12.7. The van der Waals surface area contributed by atoms with Gasteiger partial charge in [0.15, 0.2) is 0 Å². The minimum atomic E-state index is -0.700. The molecule has 0 atom stereocenters. The molecule has 152 valence electrons. The number of carbonyl (C=O) groups is 2. The minimum Gasteiger partial charge on any atom is -0.326 e. The summed E-state index contributed by atoms with van der Waals surface area (Å²) >= 11 is 0. The number of likely N-dealkylation sites (N-methyl/N-ethyl adjacent to an activating group) is 2. The molecule has 0 spiro atoms. The summed E-state index contributed by atoms with van der Waals surface area (Å²) in [6, 6.07) is 6.45. The Balaban J connectivity index is 1.94. The van der Waals surface area contributed by atoms with Crippen molar-refractivity contribution in [2.75, 3.05) is 32.5 Å². The van der Waals surface area contributed by atoms with Gasteiger partial charge in [-0.05, 0) is 51.8 Å². The van der Waals surface area contributed by atoms with Crippen molar-refractivity contribution >= 4 is 17.5 Å². The fourth-order valence-corrected chi connectivity index (χ4v) is 4.09. The standard InChI is InChI=1S/C22H32N4O2/c1-16-11-17(2)21(18(3)12-16)24-19(27)13-25(4)14-20(28)26(5)22(15-23)9-7-6-8-10-22/h11-12H,6-10,13-14H2,1-5H3,(H,24,27). The van der Waals surface area contributed by atoms with Gasteiger partial charge in [-0.15, -0.1) is 0 Å². The lowest BCUT2D eigenvalue weighted by Crippen LogP contribution is -2.52. The molecule has 6 heteroatoms. The molecule has 1 aromatic carbocycles. The predicted molar refractivity (Wildman–Crippen MR) is 111 cm³/mol. The molecular formula is C22H32N4O2. The van der Waals surface area contributed by atoms with Gasteiger partial charge in [-0.1, -0.05) is 37.0 Å². The van der Waals surface area contributed by atoms with E-state index >= 15 is 0 Å². The third-order valence-corrected chi connectivity index (χ3v) is 5.67. The second-order valence-corrected chi connectivity index (χ2v) is 8.15. The molecule has 1 fully saturated rings. The van der Waals surface area contributed by atoms with E-state index in [1.165, 1.54) is 0 Å². The third-order valence-electron chi connectivity index (χ3n) is 5.67. The van der Waals surface area contributed by atoms with Gasteiger partial charge in [-0.3, -0.25) is 14.5 Å². The normalized spacial score (nSPS) is 15.8. The Hall–Kier alpha value is -2.39. The van der Waals surface area contributed by atoms with E-state index in [1.807, 2.05) is 32.9 Å². The van der Waals surface area contributed by atoms with E-state index in [1.54, 1.807) is 23.9 Å². The van der Waals surface area contributed by atoms with Crippen LogP contribution in [0, 0.1) is 32.1 Å². The molecule has 0 bridgehead atoms. The van der Waals surface area contributed by atoms with Crippen molar-refractivity contribution in [3.05, 3.63) is 28.8 Å². The largest absolute Gasteiger partial charge is 0.326 e. The van der Waals surface area contributed by atoms with Crippen molar-refractivity contribution in [1.82, 2.24) is 9.80 Å². The molecule has 2 amide bonds. The van der Waals surface area contributed by atoms with Gasteiger partial charge in [0, 0.05) is 12.7 Å². The Kier molecular flexibility index (Phi) is 7.20. The fourth-order valence-electron chi connectivity index (χ4n) is 4.09. The molecule has 0 aromatic heterocycles. The van der Waals surface area contributed by atoms with Crippen LogP contribution in [0.5, 0.6) is 0 Å². The molecule has 28 heavy (non-hydrogen) atoms. The summed E-state index contributed by atoms with van der Waals surface area (Å²) in [7, 11) is 3.46. The lowest BCUT2D eigenvalue weighted by Gasteiger charge is -2.39. The van der Waals surface area contributed by atoms with Crippen LogP contribution >= 0.6 is 0 Å². The number of nitrogens with zero attached hydrogens (tertiary/aromatic N) is 3. The fraction of sp³-hybridized carbons (Fsp3) is 0.591. The third kappa shape index (κ3) is 5.11. The summed E-state index contributed by atoms with van der Waals surface area (Å²) in [5.74, 6) is -0.276. The van der Waals surface area contributed by atoms with Crippen LogP contribution in [0.4, 0.5) is 5.69 Å². The zero-order chi connectivity index (χ0) is 20.9. The maximum Gasteiger partial charge on any atom is 0.238 e.